The molecule has 9 atom stereocenters. The van der Waals surface area contributed by atoms with Crippen molar-refractivity contribution in [2.75, 3.05) is 0 Å². The van der Waals surface area contributed by atoms with E-state index < -0.39 is 5.97 Å². The first-order chi connectivity index (χ1) is 13.8. The van der Waals surface area contributed by atoms with Crippen LogP contribution in [0.1, 0.15) is 111 Å². The Balaban J connectivity index is 1.45. The van der Waals surface area contributed by atoms with Gasteiger partial charge in [-0.25, -0.2) is 0 Å². The fraction of sp³-hybridized carbons (Fsp3) is 0.963. The van der Waals surface area contributed by atoms with E-state index in [1.807, 2.05) is 6.92 Å². The van der Waals surface area contributed by atoms with Crippen LogP contribution in [0.3, 0.4) is 0 Å². The maximum Gasteiger partial charge on any atom is 0.306 e. The zero-order valence-electron chi connectivity index (χ0n) is 19.6. The van der Waals surface area contributed by atoms with Gasteiger partial charge in [0.15, 0.2) is 0 Å². The van der Waals surface area contributed by atoms with E-state index in [0.29, 0.717) is 16.7 Å². The van der Waals surface area contributed by atoms with Crippen molar-refractivity contribution in [3.05, 3.63) is 0 Å². The zero-order chi connectivity index (χ0) is 20.8. The molecule has 2 heteroatoms. The van der Waals surface area contributed by atoms with E-state index in [0.717, 1.165) is 48.9 Å². The predicted molar refractivity (Wildman–Crippen MR) is 120 cm³/mol. The van der Waals surface area contributed by atoms with E-state index in [4.69, 9.17) is 0 Å². The van der Waals surface area contributed by atoms with Gasteiger partial charge in [-0.2, -0.15) is 0 Å². The minimum Gasteiger partial charge on any atom is -0.481 e. The Kier molecular flexibility index (Phi) is 6.13. The highest BCUT2D eigenvalue weighted by Gasteiger charge is 2.60. The number of rotatable bonds is 6. The molecule has 4 aliphatic carbocycles. The molecule has 0 aliphatic heterocycles. The van der Waals surface area contributed by atoms with Gasteiger partial charge in [-0.05, 0) is 117 Å². The lowest BCUT2D eigenvalue weighted by Gasteiger charge is -2.61. The molecule has 0 heterocycles. The summed E-state index contributed by atoms with van der Waals surface area (Å²) >= 11 is 0. The van der Waals surface area contributed by atoms with Gasteiger partial charge < -0.3 is 5.11 Å². The number of fused-ring (bicyclic) bond motifs is 5. The molecule has 0 radical (unpaired) electrons. The Bertz CT molecular complexity index is 599. The first-order valence-corrected chi connectivity index (χ1v) is 13.0. The van der Waals surface area contributed by atoms with Crippen molar-refractivity contribution in [1.82, 2.24) is 0 Å². The third kappa shape index (κ3) is 3.59. The molecule has 4 rings (SSSR count). The van der Waals surface area contributed by atoms with Gasteiger partial charge in [0.2, 0.25) is 0 Å². The maximum atomic E-state index is 11.5. The monoisotopic (exact) mass is 402 g/mol. The molecule has 4 fully saturated rings. The van der Waals surface area contributed by atoms with E-state index in [9.17, 15) is 9.90 Å². The summed E-state index contributed by atoms with van der Waals surface area (Å²) in [4.78, 5) is 11.5. The Morgan fingerprint density at radius 1 is 0.931 bits per heavy atom. The summed E-state index contributed by atoms with van der Waals surface area (Å²) in [6, 6.07) is 0. The minimum absolute atomic E-state index is 0.139. The van der Waals surface area contributed by atoms with Crippen LogP contribution in [0.4, 0.5) is 0 Å². The maximum absolute atomic E-state index is 11.5. The second-order valence-electron chi connectivity index (χ2n) is 12.1. The number of carboxylic acid groups (broad SMARTS) is 1. The van der Waals surface area contributed by atoms with Gasteiger partial charge in [0.05, 0.1) is 5.92 Å². The third-order valence-corrected chi connectivity index (χ3v) is 11.2. The fourth-order valence-corrected chi connectivity index (χ4v) is 9.44. The van der Waals surface area contributed by atoms with Crippen molar-refractivity contribution in [2.45, 2.75) is 111 Å². The molecule has 0 aromatic rings. The van der Waals surface area contributed by atoms with E-state index in [1.54, 1.807) is 0 Å². The highest BCUT2D eigenvalue weighted by molar-refractivity contribution is 5.69. The summed E-state index contributed by atoms with van der Waals surface area (Å²) in [5, 5.41) is 9.44. The standard InChI is InChI=1S/C27H46O2/c1-5-19(25(28)29)10-9-18(2)22-13-14-23-21-12-11-20-8-6-7-16-26(20,3)24(21)15-17-27(22,23)4/h18-24H,5-17H2,1-4H3,(H,28,29)/t18?,19?,20?,21-,22+,23-,24-,26-,27+/m0/s1. The molecule has 2 nitrogen and oxygen atoms in total. The van der Waals surface area contributed by atoms with Crippen molar-refractivity contribution in [1.29, 1.82) is 0 Å². The van der Waals surface area contributed by atoms with Crippen molar-refractivity contribution >= 4 is 5.97 Å². The quantitative estimate of drug-likeness (QED) is 0.497. The van der Waals surface area contributed by atoms with Gasteiger partial charge in [0.25, 0.3) is 0 Å². The number of aliphatic carboxylic acids is 1. The Hall–Kier alpha value is -0.530. The lowest BCUT2D eigenvalue weighted by atomic mass is 9.44. The minimum atomic E-state index is -0.590. The molecule has 1 N–H and O–H groups in total. The lowest BCUT2D eigenvalue weighted by Crippen LogP contribution is -2.53. The van der Waals surface area contributed by atoms with Crippen LogP contribution in [0.25, 0.3) is 0 Å². The molecule has 166 valence electrons. The van der Waals surface area contributed by atoms with Crippen LogP contribution in [0.2, 0.25) is 0 Å². The van der Waals surface area contributed by atoms with Crippen molar-refractivity contribution in [2.24, 2.45) is 52.3 Å². The SMILES string of the molecule is CCC(CCC(C)[C@H]1CC[C@H]2[C@@H]3CCC4CCCC[C@]4(C)[C@H]3CC[C@]12C)C(=O)O. The molecule has 29 heavy (non-hydrogen) atoms. The molecule has 4 aliphatic rings. The molecule has 0 aromatic carbocycles. The van der Waals surface area contributed by atoms with Crippen LogP contribution >= 0.6 is 0 Å². The zero-order valence-corrected chi connectivity index (χ0v) is 19.6. The number of hydrogen-bond acceptors (Lipinski definition) is 1. The average molecular weight is 403 g/mol. The highest BCUT2D eigenvalue weighted by Crippen LogP contribution is 2.68. The van der Waals surface area contributed by atoms with E-state index in [-0.39, 0.29) is 5.92 Å². The topological polar surface area (TPSA) is 37.3 Å². The van der Waals surface area contributed by atoms with Crippen molar-refractivity contribution < 1.29 is 9.90 Å². The van der Waals surface area contributed by atoms with Crippen molar-refractivity contribution in [3.63, 3.8) is 0 Å². The van der Waals surface area contributed by atoms with Crippen molar-refractivity contribution in [3.8, 4) is 0 Å². The van der Waals surface area contributed by atoms with Gasteiger partial charge in [-0.1, -0.05) is 40.5 Å². The number of carboxylic acids is 1. The van der Waals surface area contributed by atoms with Crippen LogP contribution in [0.15, 0.2) is 0 Å². The normalized spacial score (nSPS) is 46.3. The van der Waals surface area contributed by atoms with E-state index >= 15 is 0 Å². The fourth-order valence-electron chi connectivity index (χ4n) is 9.44. The van der Waals surface area contributed by atoms with Crippen LogP contribution in [-0.4, -0.2) is 11.1 Å². The van der Waals surface area contributed by atoms with E-state index in [2.05, 4.69) is 20.8 Å². The molecule has 0 aromatic heterocycles. The average Bonchev–Trinajstić information content (AvgIpc) is 3.05. The Morgan fingerprint density at radius 2 is 1.69 bits per heavy atom. The van der Waals surface area contributed by atoms with Crippen LogP contribution in [-0.2, 0) is 4.79 Å². The molecule has 0 amide bonds. The van der Waals surface area contributed by atoms with Gasteiger partial charge in [0, 0.05) is 0 Å². The van der Waals surface area contributed by atoms with Crippen LogP contribution in [0, 0.1) is 52.3 Å². The van der Waals surface area contributed by atoms with Gasteiger partial charge in [0.1, 0.15) is 0 Å². The third-order valence-electron chi connectivity index (χ3n) is 11.2. The summed E-state index contributed by atoms with van der Waals surface area (Å²) in [5.41, 5.74) is 1.16. The summed E-state index contributed by atoms with van der Waals surface area (Å²) in [7, 11) is 0. The molecular formula is C27H46O2. The smallest absolute Gasteiger partial charge is 0.306 e. The largest absolute Gasteiger partial charge is 0.481 e. The predicted octanol–water partition coefficient (Wildman–Crippen LogP) is 7.56. The molecule has 0 bridgehead atoms. The van der Waals surface area contributed by atoms with E-state index in [1.165, 1.54) is 64.2 Å². The highest BCUT2D eigenvalue weighted by atomic mass is 16.4. The summed E-state index contributed by atoms with van der Waals surface area (Å²) in [5.74, 6) is 4.69. The molecule has 0 saturated heterocycles. The Morgan fingerprint density at radius 3 is 2.41 bits per heavy atom. The molecule has 4 saturated carbocycles. The molecule has 3 unspecified atom stereocenters. The van der Waals surface area contributed by atoms with Gasteiger partial charge in [-0.15, -0.1) is 0 Å². The summed E-state index contributed by atoms with van der Waals surface area (Å²) in [6.45, 7) is 9.80. The summed E-state index contributed by atoms with van der Waals surface area (Å²) in [6.07, 6.45) is 17.5. The van der Waals surface area contributed by atoms with Gasteiger partial charge in [-0.3, -0.25) is 4.79 Å². The van der Waals surface area contributed by atoms with Crippen LogP contribution in [0.5, 0.6) is 0 Å². The Labute approximate surface area is 179 Å². The molecular weight excluding hydrogens is 356 g/mol. The first kappa shape index (κ1) is 21.7. The summed E-state index contributed by atoms with van der Waals surface area (Å²) < 4.78 is 0. The van der Waals surface area contributed by atoms with Crippen LogP contribution < -0.4 is 0 Å². The van der Waals surface area contributed by atoms with Gasteiger partial charge >= 0.3 is 5.97 Å². The second-order valence-corrected chi connectivity index (χ2v) is 12.1. The second kappa shape index (κ2) is 8.19. The first-order valence-electron chi connectivity index (χ1n) is 13.0. The number of hydrogen-bond donors (Lipinski definition) is 1. The molecule has 0 spiro atoms. The lowest BCUT2D eigenvalue weighted by molar-refractivity contribution is -0.142. The number of carbonyl (C=O) groups is 1.